The van der Waals surface area contributed by atoms with Crippen molar-refractivity contribution in [3.63, 3.8) is 0 Å². The first-order valence-corrected chi connectivity index (χ1v) is 11.4. The van der Waals surface area contributed by atoms with Gasteiger partial charge >= 0.3 is 0 Å². The number of aromatic nitrogens is 2. The van der Waals surface area contributed by atoms with Gasteiger partial charge in [0.25, 0.3) is 5.91 Å². The van der Waals surface area contributed by atoms with Crippen LogP contribution in [0.5, 0.6) is 0 Å². The van der Waals surface area contributed by atoms with E-state index in [4.69, 9.17) is 11.6 Å². The lowest BCUT2D eigenvalue weighted by Crippen LogP contribution is -2.34. The molecule has 1 aromatic heterocycles. The van der Waals surface area contributed by atoms with E-state index in [2.05, 4.69) is 29.2 Å². The molecule has 0 spiro atoms. The molecule has 0 radical (unpaired) electrons. The molecule has 5 nitrogen and oxygen atoms in total. The van der Waals surface area contributed by atoms with Crippen LogP contribution in [0, 0.1) is 5.82 Å². The summed E-state index contributed by atoms with van der Waals surface area (Å²) in [5, 5.41) is 8.27. The van der Waals surface area contributed by atoms with E-state index < -0.39 is 0 Å². The number of carbonyl (C=O) groups excluding carboxylic acids is 1. The maximum atomic E-state index is 13.4. The SMILES string of the molecule is CCN(CC)CCCC(C)NC(=O)c1cc(-c2ccc(F)cc2)nn1-c1cccc(Cl)c1. The number of hydrogen-bond acceptors (Lipinski definition) is 3. The second-order valence-electron chi connectivity index (χ2n) is 7.86. The molecule has 0 aliphatic carbocycles. The number of rotatable bonds is 10. The molecule has 1 heterocycles. The molecular formula is C25H30ClFN4O. The van der Waals surface area contributed by atoms with E-state index in [-0.39, 0.29) is 17.8 Å². The van der Waals surface area contributed by atoms with Gasteiger partial charge in [-0.05, 0) is 87.9 Å². The number of carbonyl (C=O) groups is 1. The summed E-state index contributed by atoms with van der Waals surface area (Å²) >= 11 is 6.17. The molecule has 2 aromatic carbocycles. The minimum Gasteiger partial charge on any atom is -0.348 e. The van der Waals surface area contributed by atoms with E-state index in [9.17, 15) is 9.18 Å². The highest BCUT2D eigenvalue weighted by molar-refractivity contribution is 6.30. The zero-order chi connectivity index (χ0) is 23.1. The van der Waals surface area contributed by atoms with Crippen LogP contribution in [0.15, 0.2) is 54.6 Å². The lowest BCUT2D eigenvalue weighted by Gasteiger charge is -2.20. The van der Waals surface area contributed by atoms with Crippen molar-refractivity contribution in [1.82, 2.24) is 20.0 Å². The summed E-state index contributed by atoms with van der Waals surface area (Å²) in [5.74, 6) is -0.527. The highest BCUT2D eigenvalue weighted by Gasteiger charge is 2.19. The Morgan fingerprint density at radius 3 is 2.53 bits per heavy atom. The first kappa shape index (κ1) is 24.0. The zero-order valence-corrected chi connectivity index (χ0v) is 19.6. The van der Waals surface area contributed by atoms with Crippen LogP contribution in [-0.4, -0.2) is 46.3 Å². The van der Waals surface area contributed by atoms with Gasteiger partial charge in [0.2, 0.25) is 0 Å². The molecule has 3 rings (SSSR count). The first-order valence-electron chi connectivity index (χ1n) is 11.1. The van der Waals surface area contributed by atoms with Crippen LogP contribution in [0.25, 0.3) is 16.9 Å². The average Bonchev–Trinajstić information content (AvgIpc) is 3.23. The summed E-state index contributed by atoms with van der Waals surface area (Å²) in [7, 11) is 0. The van der Waals surface area contributed by atoms with Crippen molar-refractivity contribution in [3.05, 3.63) is 71.1 Å². The Morgan fingerprint density at radius 1 is 1.16 bits per heavy atom. The number of nitrogens with zero attached hydrogens (tertiary/aromatic N) is 3. The molecule has 1 atom stereocenters. The van der Waals surface area contributed by atoms with E-state index in [1.165, 1.54) is 12.1 Å². The van der Waals surface area contributed by atoms with Crippen LogP contribution >= 0.6 is 11.6 Å². The molecule has 0 fully saturated rings. The molecule has 0 saturated carbocycles. The van der Waals surface area contributed by atoms with E-state index in [0.717, 1.165) is 38.0 Å². The number of amides is 1. The summed E-state index contributed by atoms with van der Waals surface area (Å²) in [6.45, 7) is 9.41. The zero-order valence-electron chi connectivity index (χ0n) is 18.8. The van der Waals surface area contributed by atoms with Crippen LogP contribution < -0.4 is 5.32 Å². The largest absolute Gasteiger partial charge is 0.348 e. The predicted molar refractivity (Wildman–Crippen MR) is 128 cm³/mol. The Balaban J connectivity index is 1.82. The van der Waals surface area contributed by atoms with Gasteiger partial charge in [0, 0.05) is 16.6 Å². The molecule has 0 bridgehead atoms. The van der Waals surface area contributed by atoms with Gasteiger partial charge in [0.1, 0.15) is 11.5 Å². The Kier molecular flexibility index (Phi) is 8.42. The summed E-state index contributed by atoms with van der Waals surface area (Å²) < 4.78 is 14.9. The van der Waals surface area contributed by atoms with Gasteiger partial charge in [-0.2, -0.15) is 5.10 Å². The third kappa shape index (κ3) is 6.17. The molecule has 0 aliphatic heterocycles. The fourth-order valence-electron chi connectivity index (χ4n) is 3.64. The van der Waals surface area contributed by atoms with Gasteiger partial charge in [-0.1, -0.05) is 31.5 Å². The summed E-state index contributed by atoms with van der Waals surface area (Å²) in [4.78, 5) is 15.5. The Morgan fingerprint density at radius 2 is 1.88 bits per heavy atom. The van der Waals surface area contributed by atoms with Gasteiger partial charge in [-0.25, -0.2) is 9.07 Å². The molecule has 1 amide bonds. The minimum absolute atomic E-state index is 0.0232. The predicted octanol–water partition coefficient (Wildman–Crippen LogP) is 5.57. The third-order valence-corrected chi connectivity index (χ3v) is 5.75. The fraction of sp³-hybridized carbons (Fsp3) is 0.360. The van der Waals surface area contributed by atoms with Crippen LogP contribution in [0.3, 0.4) is 0 Å². The van der Waals surface area contributed by atoms with E-state index in [0.29, 0.717) is 22.1 Å². The summed E-state index contributed by atoms with van der Waals surface area (Å²) in [6.07, 6.45) is 1.90. The van der Waals surface area contributed by atoms with Gasteiger partial charge < -0.3 is 10.2 Å². The van der Waals surface area contributed by atoms with Crippen molar-refractivity contribution in [2.75, 3.05) is 19.6 Å². The Labute approximate surface area is 194 Å². The maximum Gasteiger partial charge on any atom is 0.270 e. The highest BCUT2D eigenvalue weighted by Crippen LogP contribution is 2.23. The topological polar surface area (TPSA) is 50.2 Å². The summed E-state index contributed by atoms with van der Waals surface area (Å²) in [6, 6.07) is 15.0. The average molecular weight is 457 g/mol. The van der Waals surface area contributed by atoms with Crippen molar-refractivity contribution in [2.45, 2.75) is 39.7 Å². The van der Waals surface area contributed by atoms with Gasteiger partial charge in [0.05, 0.1) is 11.4 Å². The monoisotopic (exact) mass is 456 g/mol. The molecular weight excluding hydrogens is 427 g/mol. The highest BCUT2D eigenvalue weighted by atomic mass is 35.5. The number of halogens is 2. The van der Waals surface area contributed by atoms with E-state index in [1.807, 2.05) is 19.1 Å². The minimum atomic E-state index is -0.320. The molecule has 0 saturated heterocycles. The normalized spacial score (nSPS) is 12.2. The van der Waals surface area contributed by atoms with E-state index in [1.54, 1.807) is 35.0 Å². The van der Waals surface area contributed by atoms with Gasteiger partial charge in [-0.3, -0.25) is 4.79 Å². The van der Waals surface area contributed by atoms with Crippen molar-refractivity contribution < 1.29 is 9.18 Å². The molecule has 7 heteroatoms. The molecule has 0 aliphatic rings. The van der Waals surface area contributed by atoms with E-state index >= 15 is 0 Å². The summed E-state index contributed by atoms with van der Waals surface area (Å²) in [5.41, 5.74) is 2.41. The fourth-order valence-corrected chi connectivity index (χ4v) is 3.82. The van der Waals surface area contributed by atoms with Gasteiger partial charge in [0.15, 0.2) is 0 Å². The smallest absolute Gasteiger partial charge is 0.270 e. The quantitative estimate of drug-likeness (QED) is 0.433. The van der Waals surface area contributed by atoms with Crippen molar-refractivity contribution in [3.8, 4) is 16.9 Å². The van der Waals surface area contributed by atoms with Crippen LogP contribution in [0.4, 0.5) is 4.39 Å². The molecule has 1 unspecified atom stereocenters. The molecule has 32 heavy (non-hydrogen) atoms. The van der Waals surface area contributed by atoms with Gasteiger partial charge in [-0.15, -0.1) is 0 Å². The Hall–Kier alpha value is -2.70. The van der Waals surface area contributed by atoms with Crippen LogP contribution in [0.1, 0.15) is 44.1 Å². The number of nitrogens with one attached hydrogen (secondary N) is 1. The second-order valence-corrected chi connectivity index (χ2v) is 8.29. The van der Waals surface area contributed by atoms with Crippen molar-refractivity contribution in [2.24, 2.45) is 0 Å². The molecule has 1 N–H and O–H groups in total. The maximum absolute atomic E-state index is 13.4. The second kappa shape index (κ2) is 11.2. The Bertz CT molecular complexity index is 1030. The lowest BCUT2D eigenvalue weighted by atomic mass is 10.1. The third-order valence-electron chi connectivity index (χ3n) is 5.52. The standard InChI is InChI=1S/C25H30ClFN4O/c1-4-30(5-2)15-7-8-18(3)28-25(32)24-17-23(19-11-13-21(27)14-12-19)29-31(24)22-10-6-9-20(26)16-22/h6,9-14,16-18H,4-5,7-8,15H2,1-3H3,(H,28,32). The molecule has 170 valence electrons. The van der Waals surface area contributed by atoms with Crippen molar-refractivity contribution >= 4 is 17.5 Å². The lowest BCUT2D eigenvalue weighted by molar-refractivity contribution is 0.0929. The van der Waals surface area contributed by atoms with Crippen LogP contribution in [-0.2, 0) is 0 Å². The van der Waals surface area contributed by atoms with Crippen molar-refractivity contribution in [1.29, 1.82) is 0 Å². The van der Waals surface area contributed by atoms with Crippen LogP contribution in [0.2, 0.25) is 5.02 Å². The number of hydrogen-bond donors (Lipinski definition) is 1. The first-order chi connectivity index (χ1) is 15.4. The molecule has 3 aromatic rings. The number of benzene rings is 2.